The van der Waals surface area contributed by atoms with Gasteiger partial charge in [-0.25, -0.2) is 4.79 Å². The number of anilines is 1. The lowest BCUT2D eigenvalue weighted by Crippen LogP contribution is -2.29. The SMILES string of the molecule is CCC(O)CCCNC(=O)Nc1ccc(Cl)cc1. The quantitative estimate of drug-likeness (QED) is 0.696. The van der Waals surface area contributed by atoms with Crippen LogP contribution in [0.2, 0.25) is 5.02 Å². The Bertz CT molecular complexity index is 368. The zero-order valence-corrected chi connectivity index (χ0v) is 11.2. The molecule has 0 fully saturated rings. The van der Waals surface area contributed by atoms with Gasteiger partial charge in [-0.15, -0.1) is 0 Å². The predicted molar refractivity (Wildman–Crippen MR) is 74.0 cm³/mol. The van der Waals surface area contributed by atoms with Crippen molar-refractivity contribution in [2.45, 2.75) is 32.3 Å². The first kappa shape index (κ1) is 14.8. The molecule has 1 aromatic rings. The highest BCUT2D eigenvalue weighted by Gasteiger charge is 2.03. The lowest BCUT2D eigenvalue weighted by atomic mass is 10.1. The van der Waals surface area contributed by atoms with Crippen LogP contribution in [0, 0.1) is 0 Å². The lowest BCUT2D eigenvalue weighted by molar-refractivity contribution is 0.157. The minimum atomic E-state index is -0.272. The summed E-state index contributed by atoms with van der Waals surface area (Å²) in [7, 11) is 0. The van der Waals surface area contributed by atoms with E-state index in [1.54, 1.807) is 24.3 Å². The van der Waals surface area contributed by atoms with Gasteiger partial charge in [0.2, 0.25) is 0 Å². The van der Waals surface area contributed by atoms with Gasteiger partial charge < -0.3 is 15.7 Å². The summed E-state index contributed by atoms with van der Waals surface area (Å²) >= 11 is 5.74. The van der Waals surface area contributed by atoms with Crippen molar-refractivity contribution in [1.29, 1.82) is 0 Å². The van der Waals surface area contributed by atoms with Crippen LogP contribution in [0.3, 0.4) is 0 Å². The minimum absolute atomic E-state index is 0.247. The second-order valence-corrected chi connectivity index (χ2v) is 4.53. The van der Waals surface area contributed by atoms with Gasteiger partial charge >= 0.3 is 6.03 Å². The van der Waals surface area contributed by atoms with Crippen molar-refractivity contribution in [1.82, 2.24) is 5.32 Å². The topological polar surface area (TPSA) is 61.4 Å². The van der Waals surface area contributed by atoms with E-state index in [1.807, 2.05) is 6.92 Å². The number of amides is 2. The number of hydrogen-bond donors (Lipinski definition) is 3. The van der Waals surface area contributed by atoms with Crippen LogP contribution >= 0.6 is 11.6 Å². The van der Waals surface area contributed by atoms with Gasteiger partial charge in [0.15, 0.2) is 0 Å². The van der Waals surface area contributed by atoms with Crippen LogP contribution < -0.4 is 10.6 Å². The Kier molecular flexibility index (Phi) is 6.54. The van der Waals surface area contributed by atoms with Crippen LogP contribution in [-0.2, 0) is 0 Å². The number of urea groups is 1. The Morgan fingerprint density at radius 3 is 2.67 bits per heavy atom. The predicted octanol–water partition coefficient (Wildman–Crippen LogP) is 3.01. The van der Waals surface area contributed by atoms with E-state index in [0.717, 1.165) is 12.8 Å². The molecule has 0 aliphatic carbocycles. The third kappa shape index (κ3) is 5.89. The molecule has 100 valence electrons. The molecule has 0 aliphatic rings. The molecule has 18 heavy (non-hydrogen) atoms. The fraction of sp³-hybridized carbons (Fsp3) is 0.462. The van der Waals surface area contributed by atoms with Gasteiger partial charge in [-0.1, -0.05) is 18.5 Å². The molecule has 0 saturated carbocycles. The van der Waals surface area contributed by atoms with E-state index < -0.39 is 0 Å². The number of nitrogens with one attached hydrogen (secondary N) is 2. The number of aliphatic hydroxyl groups excluding tert-OH is 1. The van der Waals surface area contributed by atoms with Gasteiger partial charge in [0, 0.05) is 17.3 Å². The Hall–Kier alpha value is -1.26. The van der Waals surface area contributed by atoms with Crippen LogP contribution in [0.25, 0.3) is 0 Å². The highest BCUT2D eigenvalue weighted by Crippen LogP contribution is 2.13. The first-order valence-electron chi connectivity index (χ1n) is 6.10. The molecule has 1 unspecified atom stereocenters. The molecule has 2 amide bonds. The van der Waals surface area contributed by atoms with Crippen molar-refractivity contribution in [3.8, 4) is 0 Å². The maximum Gasteiger partial charge on any atom is 0.319 e. The molecular weight excluding hydrogens is 252 g/mol. The van der Waals surface area contributed by atoms with Crippen LogP contribution in [0.4, 0.5) is 10.5 Å². The van der Waals surface area contributed by atoms with Gasteiger partial charge in [0.05, 0.1) is 6.10 Å². The number of carbonyl (C=O) groups excluding carboxylic acids is 1. The molecule has 5 heteroatoms. The molecule has 1 atom stereocenters. The molecule has 0 heterocycles. The van der Waals surface area contributed by atoms with Crippen LogP contribution in [0.1, 0.15) is 26.2 Å². The van der Waals surface area contributed by atoms with Gasteiger partial charge in [0.1, 0.15) is 0 Å². The van der Waals surface area contributed by atoms with Gasteiger partial charge in [-0.3, -0.25) is 0 Å². The maximum absolute atomic E-state index is 11.5. The van der Waals surface area contributed by atoms with Crippen molar-refractivity contribution in [3.63, 3.8) is 0 Å². The first-order chi connectivity index (χ1) is 8.61. The molecule has 0 aromatic heterocycles. The van der Waals surface area contributed by atoms with Crippen molar-refractivity contribution in [3.05, 3.63) is 29.3 Å². The summed E-state index contributed by atoms with van der Waals surface area (Å²) in [6, 6.07) is 6.66. The second kappa shape index (κ2) is 7.95. The van der Waals surface area contributed by atoms with Gasteiger partial charge in [0.25, 0.3) is 0 Å². The largest absolute Gasteiger partial charge is 0.393 e. The summed E-state index contributed by atoms with van der Waals surface area (Å²) in [5.41, 5.74) is 0.700. The average molecular weight is 271 g/mol. The Balaban J connectivity index is 2.19. The summed E-state index contributed by atoms with van der Waals surface area (Å²) in [5, 5.41) is 15.4. The molecule has 0 aliphatic heterocycles. The zero-order chi connectivity index (χ0) is 13.4. The van der Waals surface area contributed by atoms with E-state index in [2.05, 4.69) is 10.6 Å². The molecular formula is C13H19ClN2O2. The van der Waals surface area contributed by atoms with Crippen LogP contribution in [-0.4, -0.2) is 23.8 Å². The van der Waals surface area contributed by atoms with E-state index in [9.17, 15) is 9.90 Å². The monoisotopic (exact) mass is 270 g/mol. The standard InChI is InChI=1S/C13H19ClN2O2/c1-2-12(17)4-3-9-15-13(18)16-11-7-5-10(14)6-8-11/h5-8,12,17H,2-4,9H2,1H3,(H2,15,16,18). The Morgan fingerprint density at radius 2 is 2.06 bits per heavy atom. The molecule has 1 aromatic carbocycles. The third-order valence-corrected chi connectivity index (χ3v) is 2.82. The fourth-order valence-corrected chi connectivity index (χ4v) is 1.58. The summed E-state index contributed by atoms with van der Waals surface area (Å²) in [4.78, 5) is 11.5. The summed E-state index contributed by atoms with van der Waals surface area (Å²) < 4.78 is 0. The van der Waals surface area contributed by atoms with E-state index >= 15 is 0 Å². The Labute approximate surface area is 112 Å². The van der Waals surface area contributed by atoms with Crippen molar-refractivity contribution in [2.24, 2.45) is 0 Å². The number of benzene rings is 1. The number of carbonyl (C=O) groups is 1. The van der Waals surface area contributed by atoms with Crippen molar-refractivity contribution < 1.29 is 9.90 Å². The van der Waals surface area contributed by atoms with E-state index in [-0.39, 0.29) is 12.1 Å². The number of rotatable bonds is 6. The van der Waals surface area contributed by atoms with Crippen LogP contribution in [0.5, 0.6) is 0 Å². The van der Waals surface area contributed by atoms with Crippen molar-refractivity contribution >= 4 is 23.3 Å². The second-order valence-electron chi connectivity index (χ2n) is 4.09. The van der Waals surface area contributed by atoms with E-state index in [4.69, 9.17) is 11.6 Å². The summed E-state index contributed by atoms with van der Waals surface area (Å²) in [6.07, 6.45) is 1.95. The minimum Gasteiger partial charge on any atom is -0.393 e. The van der Waals surface area contributed by atoms with Gasteiger partial charge in [-0.05, 0) is 43.5 Å². The van der Waals surface area contributed by atoms with Crippen molar-refractivity contribution in [2.75, 3.05) is 11.9 Å². The lowest BCUT2D eigenvalue weighted by Gasteiger charge is -2.09. The molecule has 0 spiro atoms. The zero-order valence-electron chi connectivity index (χ0n) is 10.4. The molecule has 4 nitrogen and oxygen atoms in total. The summed E-state index contributed by atoms with van der Waals surface area (Å²) in [6.45, 7) is 2.49. The average Bonchev–Trinajstić information content (AvgIpc) is 2.37. The summed E-state index contributed by atoms with van der Waals surface area (Å²) in [5.74, 6) is 0. The smallest absolute Gasteiger partial charge is 0.319 e. The van der Waals surface area contributed by atoms with E-state index in [0.29, 0.717) is 23.7 Å². The number of halogens is 1. The fourth-order valence-electron chi connectivity index (χ4n) is 1.45. The van der Waals surface area contributed by atoms with Gasteiger partial charge in [-0.2, -0.15) is 0 Å². The molecule has 0 saturated heterocycles. The molecule has 0 bridgehead atoms. The number of hydrogen-bond acceptors (Lipinski definition) is 2. The third-order valence-electron chi connectivity index (χ3n) is 2.57. The first-order valence-corrected chi connectivity index (χ1v) is 6.48. The highest BCUT2D eigenvalue weighted by atomic mass is 35.5. The maximum atomic E-state index is 11.5. The molecule has 1 rings (SSSR count). The number of aliphatic hydroxyl groups is 1. The highest BCUT2D eigenvalue weighted by molar-refractivity contribution is 6.30. The van der Waals surface area contributed by atoms with E-state index in [1.165, 1.54) is 0 Å². The van der Waals surface area contributed by atoms with Crippen LogP contribution in [0.15, 0.2) is 24.3 Å². The Morgan fingerprint density at radius 1 is 1.39 bits per heavy atom. The normalized spacial score (nSPS) is 11.9. The molecule has 0 radical (unpaired) electrons. The molecule has 3 N–H and O–H groups in total.